The molecule has 168 valence electrons. The van der Waals surface area contributed by atoms with Crippen LogP contribution in [0.2, 0.25) is 25.7 Å². The molecule has 1 aromatic carbocycles. The molecule has 0 aliphatic heterocycles. The van der Waals surface area contributed by atoms with Crippen molar-refractivity contribution in [3.63, 3.8) is 0 Å². The maximum Gasteiger partial charge on any atom is 0.163 e. The average molecular weight is 466 g/mol. The number of rotatable bonds is 9. The molecule has 4 rings (SSSR count). The summed E-state index contributed by atoms with van der Waals surface area (Å²) in [5, 5.41) is 8.74. The van der Waals surface area contributed by atoms with Crippen LogP contribution in [0, 0.1) is 13.8 Å². The van der Waals surface area contributed by atoms with Gasteiger partial charge in [0.25, 0.3) is 0 Å². The van der Waals surface area contributed by atoms with Crippen LogP contribution in [0.3, 0.4) is 0 Å². The number of nitrogens with zero attached hydrogens (tertiary/aromatic N) is 4. The number of pyridine rings is 1. The topological polar surface area (TPSA) is 68.6 Å². The number of fused-ring (bicyclic) bond motifs is 1. The van der Waals surface area contributed by atoms with Crippen LogP contribution in [-0.4, -0.2) is 39.4 Å². The Morgan fingerprint density at radius 2 is 1.94 bits per heavy atom. The Labute approximate surface area is 194 Å². The number of thioether (sulfide) groups is 1. The van der Waals surface area contributed by atoms with Crippen LogP contribution >= 0.6 is 11.8 Å². The van der Waals surface area contributed by atoms with Gasteiger partial charge in [-0.3, -0.25) is 14.6 Å². The first-order valence-corrected chi connectivity index (χ1v) is 15.6. The number of aromatic nitrogens is 5. The van der Waals surface area contributed by atoms with Crippen molar-refractivity contribution in [1.29, 1.82) is 0 Å². The molecule has 1 N–H and O–H groups in total. The van der Waals surface area contributed by atoms with Gasteiger partial charge in [0.05, 0.1) is 16.1 Å². The summed E-state index contributed by atoms with van der Waals surface area (Å²) >= 11 is 1.71. The van der Waals surface area contributed by atoms with Gasteiger partial charge in [-0.2, -0.15) is 5.10 Å². The normalized spacial score (nSPS) is 12.0. The van der Waals surface area contributed by atoms with Crippen molar-refractivity contribution in [2.45, 2.75) is 57.0 Å². The Kier molecular flexibility index (Phi) is 6.83. The highest BCUT2D eigenvalue weighted by Gasteiger charge is 2.18. The molecule has 0 bridgehead atoms. The van der Waals surface area contributed by atoms with Gasteiger partial charge < -0.3 is 4.74 Å². The summed E-state index contributed by atoms with van der Waals surface area (Å²) in [4.78, 5) is 9.12. The van der Waals surface area contributed by atoms with Crippen LogP contribution in [-0.2, 0) is 17.2 Å². The van der Waals surface area contributed by atoms with Crippen LogP contribution in [0.1, 0.15) is 16.7 Å². The van der Waals surface area contributed by atoms with E-state index in [9.17, 15) is 0 Å². The lowest BCUT2D eigenvalue weighted by atomic mass is 10.1. The molecule has 0 saturated heterocycles. The molecule has 0 atom stereocenters. The first-order chi connectivity index (χ1) is 15.3. The standard InChI is InChI=1S/C24H31N5OSSi/c1-17-11-20-22(12-18(17)2)29(16-30-9-10-32(3,4)5)24(26-20)21-13-23(28-27-21)31-15-19-7-6-8-25-14-19/h6-8,11-14H,9-10,15-16H2,1-5H3,(H,27,28). The highest BCUT2D eigenvalue weighted by molar-refractivity contribution is 7.98. The SMILES string of the molecule is Cc1cc2nc(-c3cc(SCc4cccnc4)[nH]n3)n(COCC[Si](C)(C)C)c2cc1C. The van der Waals surface area contributed by atoms with E-state index in [0.717, 1.165) is 46.0 Å². The third-order valence-corrected chi connectivity index (χ3v) is 8.18. The molecule has 0 radical (unpaired) electrons. The molecule has 4 aromatic rings. The van der Waals surface area contributed by atoms with Crippen molar-refractivity contribution in [2.24, 2.45) is 0 Å². The van der Waals surface area contributed by atoms with Gasteiger partial charge in [0.1, 0.15) is 12.4 Å². The third kappa shape index (κ3) is 5.49. The molecule has 0 spiro atoms. The second kappa shape index (κ2) is 9.60. The molecule has 0 aliphatic carbocycles. The monoisotopic (exact) mass is 465 g/mol. The highest BCUT2D eigenvalue weighted by atomic mass is 32.2. The molecule has 0 amide bonds. The first kappa shape index (κ1) is 22.8. The van der Waals surface area contributed by atoms with Crippen LogP contribution in [0.4, 0.5) is 0 Å². The smallest absolute Gasteiger partial charge is 0.163 e. The minimum atomic E-state index is -1.14. The largest absolute Gasteiger partial charge is 0.361 e. The molecule has 0 unspecified atom stereocenters. The summed E-state index contributed by atoms with van der Waals surface area (Å²) in [6, 6.07) is 11.6. The molecular formula is C24H31N5OSSi. The van der Waals surface area contributed by atoms with Gasteiger partial charge in [0.15, 0.2) is 5.82 Å². The number of nitrogens with one attached hydrogen (secondary N) is 1. The van der Waals surface area contributed by atoms with Gasteiger partial charge in [-0.15, -0.1) is 11.8 Å². The fourth-order valence-electron chi connectivity index (χ4n) is 3.38. The molecule has 0 fully saturated rings. The van der Waals surface area contributed by atoms with Gasteiger partial charge in [0.2, 0.25) is 0 Å². The van der Waals surface area contributed by atoms with E-state index in [2.05, 4.69) is 77.5 Å². The van der Waals surface area contributed by atoms with E-state index in [-0.39, 0.29) is 0 Å². The van der Waals surface area contributed by atoms with E-state index >= 15 is 0 Å². The van der Waals surface area contributed by atoms with E-state index in [1.807, 2.05) is 12.3 Å². The van der Waals surface area contributed by atoms with Crippen molar-refractivity contribution in [2.75, 3.05) is 6.61 Å². The van der Waals surface area contributed by atoms with Gasteiger partial charge >= 0.3 is 0 Å². The number of hydrogen-bond acceptors (Lipinski definition) is 5. The van der Waals surface area contributed by atoms with E-state index < -0.39 is 8.07 Å². The van der Waals surface area contributed by atoms with Gasteiger partial charge in [0, 0.05) is 38.9 Å². The number of H-pyrrole nitrogens is 1. The van der Waals surface area contributed by atoms with E-state index in [4.69, 9.17) is 9.72 Å². The average Bonchev–Trinajstić information content (AvgIpc) is 3.35. The predicted octanol–water partition coefficient (Wildman–Crippen LogP) is 6.04. The van der Waals surface area contributed by atoms with E-state index in [1.54, 1.807) is 18.0 Å². The van der Waals surface area contributed by atoms with Crippen molar-refractivity contribution >= 4 is 30.9 Å². The van der Waals surface area contributed by atoms with E-state index in [1.165, 1.54) is 16.7 Å². The zero-order valence-corrected chi connectivity index (χ0v) is 21.3. The van der Waals surface area contributed by atoms with Crippen LogP contribution in [0.25, 0.3) is 22.6 Å². The molecule has 0 saturated carbocycles. The van der Waals surface area contributed by atoms with Gasteiger partial charge in [-0.05, 0) is 54.8 Å². The molecule has 3 aromatic heterocycles. The first-order valence-electron chi connectivity index (χ1n) is 10.9. The Morgan fingerprint density at radius 1 is 1.12 bits per heavy atom. The summed E-state index contributed by atoms with van der Waals surface area (Å²) < 4.78 is 8.26. The predicted molar refractivity (Wildman–Crippen MR) is 135 cm³/mol. The third-order valence-electron chi connectivity index (χ3n) is 5.48. The van der Waals surface area contributed by atoms with Crippen LogP contribution < -0.4 is 0 Å². The minimum absolute atomic E-state index is 0.476. The Balaban J connectivity index is 1.59. The summed E-state index contributed by atoms with van der Waals surface area (Å²) in [5.74, 6) is 1.67. The second-order valence-corrected chi connectivity index (χ2v) is 16.0. The number of aromatic amines is 1. The Bertz CT molecular complexity index is 1200. The zero-order chi connectivity index (χ0) is 22.7. The van der Waals surface area contributed by atoms with Crippen molar-refractivity contribution < 1.29 is 4.74 Å². The molecule has 3 heterocycles. The fraction of sp³-hybridized carbons (Fsp3) is 0.375. The maximum atomic E-state index is 6.11. The number of benzene rings is 1. The quantitative estimate of drug-likeness (QED) is 0.185. The summed E-state index contributed by atoms with van der Waals surface area (Å²) in [7, 11) is -1.14. The molecule has 6 nitrogen and oxygen atoms in total. The lowest BCUT2D eigenvalue weighted by molar-refractivity contribution is 0.0909. The van der Waals surface area contributed by atoms with Gasteiger partial charge in [-0.25, -0.2) is 4.98 Å². The molecule has 8 heteroatoms. The molecule has 32 heavy (non-hydrogen) atoms. The highest BCUT2D eigenvalue weighted by Crippen LogP contribution is 2.29. The molecule has 0 aliphatic rings. The lowest BCUT2D eigenvalue weighted by Crippen LogP contribution is -2.22. The number of ether oxygens (including phenoxy) is 1. The summed E-state index contributed by atoms with van der Waals surface area (Å²) in [6.45, 7) is 12.6. The summed E-state index contributed by atoms with van der Waals surface area (Å²) in [5.41, 5.74) is 6.57. The van der Waals surface area contributed by atoms with Crippen molar-refractivity contribution in [3.05, 3.63) is 59.4 Å². The Morgan fingerprint density at radius 3 is 2.69 bits per heavy atom. The fourth-order valence-corrected chi connectivity index (χ4v) is 4.93. The molecular weight excluding hydrogens is 434 g/mol. The van der Waals surface area contributed by atoms with Crippen molar-refractivity contribution in [3.8, 4) is 11.5 Å². The zero-order valence-electron chi connectivity index (χ0n) is 19.5. The number of hydrogen-bond donors (Lipinski definition) is 1. The Hall–Kier alpha value is -2.42. The summed E-state index contributed by atoms with van der Waals surface area (Å²) in [6.07, 6.45) is 3.69. The van der Waals surface area contributed by atoms with E-state index in [0.29, 0.717) is 6.73 Å². The lowest BCUT2D eigenvalue weighted by Gasteiger charge is -2.16. The van der Waals surface area contributed by atoms with Crippen LogP contribution in [0.5, 0.6) is 0 Å². The van der Waals surface area contributed by atoms with Gasteiger partial charge in [-0.1, -0.05) is 25.7 Å². The second-order valence-electron chi connectivity index (χ2n) is 9.40. The van der Waals surface area contributed by atoms with Crippen molar-refractivity contribution in [1.82, 2.24) is 24.7 Å². The number of aryl methyl sites for hydroxylation is 2. The van der Waals surface area contributed by atoms with Crippen LogP contribution in [0.15, 0.2) is 47.8 Å². The minimum Gasteiger partial charge on any atom is -0.361 e. The number of imidazole rings is 1. The maximum absolute atomic E-state index is 6.11.